The van der Waals surface area contributed by atoms with Crippen molar-refractivity contribution < 1.29 is 19.1 Å². The topological polar surface area (TPSA) is 67.9 Å². The van der Waals surface area contributed by atoms with Crippen molar-refractivity contribution in [2.24, 2.45) is 0 Å². The van der Waals surface area contributed by atoms with Crippen LogP contribution in [0.4, 0.5) is 0 Å². The lowest BCUT2D eigenvalue weighted by Crippen LogP contribution is -2.58. The van der Waals surface area contributed by atoms with Gasteiger partial charge in [-0.3, -0.25) is 14.5 Å². The summed E-state index contributed by atoms with van der Waals surface area (Å²) in [5.41, 5.74) is 0. The molecule has 1 atom stereocenters. The fourth-order valence-corrected chi connectivity index (χ4v) is 6.23. The second-order valence-corrected chi connectivity index (χ2v) is 13.4. The number of piperazine rings is 1. The van der Waals surface area contributed by atoms with Gasteiger partial charge in [0.25, 0.3) is 0 Å². The lowest BCUT2D eigenvalue weighted by atomic mass is 10.1. The van der Waals surface area contributed by atoms with Crippen LogP contribution in [0.15, 0.2) is 0 Å². The van der Waals surface area contributed by atoms with Gasteiger partial charge in [-0.15, -0.1) is 0 Å². The molecule has 1 aliphatic rings. The van der Waals surface area contributed by atoms with Gasteiger partial charge in [0, 0.05) is 45.4 Å². The average molecular weight is 665 g/mol. The van der Waals surface area contributed by atoms with Crippen LogP contribution in [0.25, 0.3) is 0 Å². The van der Waals surface area contributed by atoms with E-state index in [9.17, 15) is 9.59 Å². The minimum Gasteiger partial charge on any atom is -0.466 e. The van der Waals surface area contributed by atoms with Crippen LogP contribution < -0.4 is 5.32 Å². The molecule has 1 saturated heterocycles. The van der Waals surface area contributed by atoms with Crippen LogP contribution in [-0.2, 0) is 19.1 Å². The fourth-order valence-electron chi connectivity index (χ4n) is 5.26. The monoisotopic (exact) mass is 664 g/mol. The number of hydrogen-bond acceptors (Lipinski definition) is 6. The van der Waals surface area contributed by atoms with Gasteiger partial charge in [-0.25, -0.2) is 0 Å². The number of rotatable bonds is 26. The Morgan fingerprint density at radius 1 is 0.692 bits per heavy atom. The number of nitrogens with zero attached hydrogens (tertiary/aromatic N) is 1. The average Bonchev–Trinajstić information content (AvgIpc) is 2.92. The van der Waals surface area contributed by atoms with Crippen molar-refractivity contribution in [1.82, 2.24) is 10.2 Å². The van der Waals surface area contributed by atoms with Crippen LogP contribution in [0, 0.1) is 0 Å². The number of unbranched alkanes of at least 4 members (excludes halogenated alkanes) is 16. The zero-order valence-corrected chi connectivity index (χ0v) is 27.7. The molecule has 0 aromatic rings. The van der Waals surface area contributed by atoms with E-state index in [1.54, 1.807) is 0 Å². The highest BCUT2D eigenvalue weighted by Crippen LogP contribution is 2.29. The molecule has 1 fully saturated rings. The van der Waals surface area contributed by atoms with Crippen LogP contribution >= 0.6 is 22.6 Å². The van der Waals surface area contributed by atoms with E-state index in [-0.39, 0.29) is 15.5 Å². The van der Waals surface area contributed by atoms with E-state index < -0.39 is 0 Å². The summed E-state index contributed by atoms with van der Waals surface area (Å²) in [5.74, 6) is -0.142. The summed E-state index contributed by atoms with van der Waals surface area (Å²) in [4.78, 5) is 26.8. The molecule has 1 heterocycles. The van der Waals surface area contributed by atoms with Crippen molar-refractivity contribution in [2.75, 3.05) is 39.4 Å². The molecular formula is C32H61IN2O4. The molecule has 1 aliphatic heterocycles. The molecule has 6 nitrogen and oxygen atoms in total. The van der Waals surface area contributed by atoms with E-state index in [1.165, 1.54) is 89.9 Å². The third-order valence-corrected chi connectivity index (χ3v) is 9.47. The van der Waals surface area contributed by atoms with Crippen molar-refractivity contribution in [3.05, 3.63) is 0 Å². The predicted molar refractivity (Wildman–Crippen MR) is 171 cm³/mol. The maximum Gasteiger partial charge on any atom is 0.305 e. The molecule has 230 valence electrons. The van der Waals surface area contributed by atoms with Gasteiger partial charge in [-0.1, -0.05) is 139 Å². The van der Waals surface area contributed by atoms with Gasteiger partial charge in [0.1, 0.15) is 6.61 Å². The Labute approximate surface area is 254 Å². The number of nitrogens with one attached hydrogen (secondary N) is 1. The van der Waals surface area contributed by atoms with E-state index in [1.807, 2.05) is 0 Å². The highest BCUT2D eigenvalue weighted by Gasteiger charge is 2.36. The lowest BCUT2D eigenvalue weighted by molar-refractivity contribution is -0.146. The minimum absolute atomic E-state index is 0.0707. The second kappa shape index (κ2) is 25.3. The molecule has 1 N–H and O–H groups in total. The van der Waals surface area contributed by atoms with Gasteiger partial charge in [-0.05, 0) is 12.8 Å². The Hall–Kier alpha value is -0.410. The SMILES string of the molecule is CCCCCCCCCCCC(=O)OCCN1CCNCC1(I)CCOC(=O)CCCCCCCCCCC. The predicted octanol–water partition coefficient (Wildman–Crippen LogP) is 8.34. The maximum absolute atomic E-state index is 12.2. The van der Waals surface area contributed by atoms with Gasteiger partial charge < -0.3 is 14.8 Å². The molecule has 0 amide bonds. The molecule has 0 saturated carbocycles. The largest absolute Gasteiger partial charge is 0.466 e. The van der Waals surface area contributed by atoms with Crippen LogP contribution in [0.1, 0.15) is 149 Å². The first-order valence-electron chi connectivity index (χ1n) is 16.5. The third-order valence-electron chi connectivity index (χ3n) is 7.86. The lowest BCUT2D eigenvalue weighted by Gasteiger charge is -2.43. The van der Waals surface area contributed by atoms with Crippen molar-refractivity contribution in [3.63, 3.8) is 0 Å². The van der Waals surface area contributed by atoms with Crippen molar-refractivity contribution in [2.45, 2.75) is 152 Å². The van der Waals surface area contributed by atoms with Gasteiger partial charge in [0.2, 0.25) is 0 Å². The van der Waals surface area contributed by atoms with Crippen LogP contribution in [0.5, 0.6) is 0 Å². The molecular weight excluding hydrogens is 603 g/mol. The van der Waals surface area contributed by atoms with Crippen LogP contribution in [-0.4, -0.2) is 59.8 Å². The standard InChI is InChI=1S/C32H61IN2O4/c1-3-5-7-9-11-13-15-17-19-21-30(36)38-27-23-32(33)29-34-24-25-35(32)26-28-39-31(37)22-20-18-16-14-12-10-8-6-4-2/h34H,3-29H2,1-2H3. The maximum atomic E-state index is 12.2. The van der Waals surface area contributed by atoms with E-state index in [4.69, 9.17) is 9.47 Å². The highest BCUT2D eigenvalue weighted by atomic mass is 127. The number of ether oxygens (including phenoxy) is 2. The number of halogens is 1. The van der Waals surface area contributed by atoms with E-state index in [2.05, 4.69) is 46.7 Å². The Kier molecular flexibility index (Phi) is 23.8. The summed E-state index contributed by atoms with van der Waals surface area (Å²) in [7, 11) is 0. The summed E-state index contributed by atoms with van der Waals surface area (Å²) in [6, 6.07) is 0. The first-order valence-corrected chi connectivity index (χ1v) is 17.6. The molecule has 39 heavy (non-hydrogen) atoms. The second-order valence-electron chi connectivity index (χ2n) is 11.4. The van der Waals surface area contributed by atoms with E-state index >= 15 is 0 Å². The molecule has 0 bridgehead atoms. The van der Waals surface area contributed by atoms with Gasteiger partial charge in [0.05, 0.1) is 10.2 Å². The zero-order chi connectivity index (χ0) is 28.4. The van der Waals surface area contributed by atoms with Gasteiger partial charge in [0.15, 0.2) is 0 Å². The normalized spacial score (nSPS) is 17.8. The Morgan fingerprint density at radius 3 is 1.62 bits per heavy atom. The molecule has 0 spiro atoms. The Morgan fingerprint density at radius 2 is 1.13 bits per heavy atom. The van der Waals surface area contributed by atoms with Crippen molar-refractivity contribution in [1.29, 1.82) is 0 Å². The van der Waals surface area contributed by atoms with Crippen LogP contribution in [0.3, 0.4) is 0 Å². The molecule has 7 heteroatoms. The smallest absolute Gasteiger partial charge is 0.305 e. The number of esters is 2. The molecule has 1 rings (SSSR count). The van der Waals surface area contributed by atoms with Crippen molar-refractivity contribution >= 4 is 34.5 Å². The summed E-state index contributed by atoms with van der Waals surface area (Å²) in [5, 5.41) is 3.47. The zero-order valence-electron chi connectivity index (χ0n) is 25.6. The number of carbonyl (C=O) groups is 2. The first kappa shape index (κ1) is 36.6. The van der Waals surface area contributed by atoms with Crippen LogP contribution in [0.2, 0.25) is 0 Å². The molecule has 0 radical (unpaired) electrons. The minimum atomic E-state index is -0.127. The molecule has 0 aliphatic carbocycles. The highest BCUT2D eigenvalue weighted by molar-refractivity contribution is 14.1. The van der Waals surface area contributed by atoms with Gasteiger partial charge >= 0.3 is 11.9 Å². The van der Waals surface area contributed by atoms with E-state index in [0.717, 1.165) is 58.3 Å². The Balaban J connectivity index is 2.11. The molecule has 0 aromatic heterocycles. The number of carbonyl (C=O) groups excluding carboxylic acids is 2. The summed E-state index contributed by atoms with van der Waals surface area (Å²) in [6.45, 7) is 8.77. The van der Waals surface area contributed by atoms with Gasteiger partial charge in [-0.2, -0.15) is 0 Å². The summed E-state index contributed by atoms with van der Waals surface area (Å²) in [6.07, 6.45) is 24.3. The number of hydrogen-bond donors (Lipinski definition) is 1. The molecule has 0 aromatic carbocycles. The van der Waals surface area contributed by atoms with E-state index in [0.29, 0.717) is 26.1 Å². The fraction of sp³-hybridized carbons (Fsp3) is 0.938. The third kappa shape index (κ3) is 20.2. The quantitative estimate of drug-likeness (QED) is 0.0330. The summed E-state index contributed by atoms with van der Waals surface area (Å²) < 4.78 is 11.0. The summed E-state index contributed by atoms with van der Waals surface area (Å²) >= 11 is 2.49. The van der Waals surface area contributed by atoms with Crippen molar-refractivity contribution in [3.8, 4) is 0 Å². The Bertz CT molecular complexity index is 607. The number of alkyl halides is 1. The molecule has 1 unspecified atom stereocenters. The first-order chi connectivity index (χ1) is 19.0.